The molecule has 0 aromatic carbocycles. The van der Waals surface area contributed by atoms with Gasteiger partial charge in [-0.15, -0.1) is 79.4 Å². The van der Waals surface area contributed by atoms with Gasteiger partial charge in [-0.2, -0.15) is 0 Å². The summed E-state index contributed by atoms with van der Waals surface area (Å²) in [6.45, 7) is 18.0. The summed E-state index contributed by atoms with van der Waals surface area (Å²) in [7, 11) is -0.331. The number of rotatable bonds is 35. The molecule has 0 atom stereocenters. The van der Waals surface area contributed by atoms with E-state index in [1.54, 1.807) is 11.1 Å². The van der Waals surface area contributed by atoms with Gasteiger partial charge in [0.05, 0.1) is 15.0 Å². The lowest BCUT2D eigenvalue weighted by molar-refractivity contribution is 0.00578. The molecule has 1 aliphatic heterocycles. The molecule has 2 nitrogen and oxygen atoms in total. The van der Waals surface area contributed by atoms with Gasteiger partial charge in [0.2, 0.25) is 0 Å². The van der Waals surface area contributed by atoms with E-state index in [-0.39, 0.29) is 18.3 Å². The number of halogens is 1. The molecular formula is C66H90BBrO2S7. The second-order valence-electron chi connectivity index (χ2n) is 23.0. The van der Waals surface area contributed by atoms with E-state index in [2.05, 4.69) is 143 Å². The van der Waals surface area contributed by atoms with E-state index in [1.165, 1.54) is 232 Å². The molecule has 0 saturated carbocycles. The van der Waals surface area contributed by atoms with E-state index < -0.39 is 0 Å². The van der Waals surface area contributed by atoms with E-state index in [1.807, 2.05) is 68.0 Å². The van der Waals surface area contributed by atoms with Crippen LogP contribution in [0.25, 0.3) is 58.5 Å². The second-order valence-corrected chi connectivity index (χ2v) is 31.9. The normalized spacial score (nSPS) is 14.3. The van der Waals surface area contributed by atoms with E-state index in [9.17, 15) is 0 Å². The summed E-state index contributed by atoms with van der Waals surface area (Å²) < 4.78 is 15.8. The molecule has 1 aliphatic rings. The monoisotopic (exact) mass is 1230 g/mol. The van der Waals surface area contributed by atoms with Crippen LogP contribution < -0.4 is 4.78 Å². The lowest BCUT2D eigenvalue weighted by Gasteiger charge is -2.32. The smallest absolute Gasteiger partial charge is 0.399 e. The van der Waals surface area contributed by atoms with E-state index in [0.29, 0.717) is 0 Å². The van der Waals surface area contributed by atoms with Crippen molar-refractivity contribution in [2.45, 2.75) is 246 Å². The van der Waals surface area contributed by atoms with Crippen LogP contribution in [0.15, 0.2) is 64.5 Å². The highest BCUT2D eigenvalue weighted by Crippen LogP contribution is 2.51. The first kappa shape index (κ1) is 61.4. The van der Waals surface area contributed by atoms with Crippen molar-refractivity contribution >= 4 is 107 Å². The van der Waals surface area contributed by atoms with Gasteiger partial charge in [-0.25, -0.2) is 0 Å². The summed E-state index contributed by atoms with van der Waals surface area (Å²) in [4.78, 5) is 17.2. The molecule has 418 valence electrons. The molecule has 0 radical (unpaired) electrons. The highest BCUT2D eigenvalue weighted by Gasteiger charge is 2.52. The molecular weight excluding hydrogens is 1140 g/mol. The summed E-state index contributed by atoms with van der Waals surface area (Å²) in [5.41, 5.74) is 5.38. The minimum Gasteiger partial charge on any atom is -0.399 e. The summed E-state index contributed by atoms with van der Waals surface area (Å²) in [6, 6.07) is 24.5. The minimum absolute atomic E-state index is 0.331. The number of hydrogen-bond donors (Lipinski definition) is 0. The van der Waals surface area contributed by atoms with E-state index in [4.69, 9.17) is 9.31 Å². The third kappa shape index (κ3) is 16.8. The van der Waals surface area contributed by atoms with E-state index in [0.717, 1.165) is 25.7 Å². The molecule has 77 heavy (non-hydrogen) atoms. The second kappa shape index (κ2) is 30.6. The molecule has 0 aliphatic carbocycles. The molecule has 0 bridgehead atoms. The van der Waals surface area contributed by atoms with Gasteiger partial charge in [0.1, 0.15) is 0 Å². The largest absolute Gasteiger partial charge is 0.505 e. The molecule has 8 heterocycles. The van der Waals surface area contributed by atoms with Gasteiger partial charge in [0.25, 0.3) is 0 Å². The zero-order valence-corrected chi connectivity index (χ0v) is 55.5. The van der Waals surface area contributed by atoms with Gasteiger partial charge in [0.15, 0.2) is 0 Å². The van der Waals surface area contributed by atoms with Crippen molar-refractivity contribution in [2.75, 3.05) is 0 Å². The van der Waals surface area contributed by atoms with E-state index >= 15 is 0 Å². The van der Waals surface area contributed by atoms with Crippen LogP contribution in [0.2, 0.25) is 0 Å². The maximum atomic E-state index is 6.69. The maximum absolute atomic E-state index is 6.69. The van der Waals surface area contributed by atoms with Crippen LogP contribution >= 0.6 is 95.3 Å². The van der Waals surface area contributed by atoms with Gasteiger partial charge < -0.3 is 9.31 Å². The van der Waals surface area contributed by atoms with Crippen molar-refractivity contribution in [2.24, 2.45) is 0 Å². The Hall–Kier alpha value is -1.64. The first-order valence-corrected chi connectivity index (χ1v) is 36.8. The molecule has 0 N–H and O–H groups in total. The topological polar surface area (TPSA) is 18.5 Å². The molecule has 0 amide bonds. The Balaban J connectivity index is 1.09. The molecule has 0 unspecified atom stereocenters. The van der Waals surface area contributed by atoms with Gasteiger partial charge in [-0.1, -0.05) is 156 Å². The molecule has 1 fully saturated rings. The highest BCUT2D eigenvalue weighted by molar-refractivity contribution is 9.11. The predicted molar refractivity (Wildman–Crippen MR) is 356 cm³/mol. The van der Waals surface area contributed by atoms with Gasteiger partial charge in [0, 0.05) is 63.3 Å². The van der Waals surface area contributed by atoms with Crippen LogP contribution in [0, 0.1) is 0 Å². The van der Waals surface area contributed by atoms with Crippen LogP contribution in [-0.2, 0) is 35.0 Å². The molecule has 11 heteroatoms. The fourth-order valence-electron chi connectivity index (χ4n) is 10.7. The lowest BCUT2D eigenvalue weighted by atomic mass is 9.87. The Morgan fingerprint density at radius 2 is 0.649 bits per heavy atom. The average Bonchev–Trinajstić information content (AvgIpc) is 4.34. The summed E-state index contributed by atoms with van der Waals surface area (Å²) >= 11 is 17.7. The van der Waals surface area contributed by atoms with Crippen LogP contribution in [0.5, 0.6) is 0 Å². The van der Waals surface area contributed by atoms with Crippen LogP contribution in [0.3, 0.4) is 0 Å². The molecule has 7 aromatic rings. The standard InChI is InChI=1S/C66H90BBrO2S7/c1-9-13-17-21-25-29-33-47-43-56(53-41-42-60(68)73-53)74-63(47)57-44-48(34-30-26-22-18-14-10-2)61(75-57)54-39-37-51(71-54)52-38-40-55(72-52)62-49(35-31-27-23-19-15-11-3)45-58(76-62)64-50(36-32-28-24-20-16-12-4)46-59(77-64)67-69-65(5,6)66(7,8)70-67/h37-46H,9-36H2,1-8H3. The SMILES string of the molecule is CCCCCCCCc1cc(B2OC(C)(C)C(C)(C)O2)sc1-c1cc(CCCCCCCC)c(-c2ccc(-c3ccc(-c4sc(-c5sc(-c6ccc(Br)s6)cc5CCCCCCCC)cc4CCCCCCCC)s3)s2)s1. The van der Waals surface area contributed by atoms with Gasteiger partial charge in [-0.3, -0.25) is 0 Å². The quantitative estimate of drug-likeness (QED) is 0.0291. The Bertz CT molecular complexity index is 2830. The highest BCUT2D eigenvalue weighted by atomic mass is 79.9. The molecule has 0 spiro atoms. The van der Waals surface area contributed by atoms with Crippen molar-refractivity contribution in [3.8, 4) is 58.5 Å². The predicted octanol–water partition coefficient (Wildman–Crippen LogP) is 24.8. The van der Waals surface area contributed by atoms with Crippen molar-refractivity contribution in [3.05, 3.63) is 86.7 Å². The first-order chi connectivity index (χ1) is 37.4. The summed E-state index contributed by atoms with van der Waals surface area (Å²) in [5, 5.41) is 0. The summed E-state index contributed by atoms with van der Waals surface area (Å²) in [6.07, 6.45) is 36.2. The first-order valence-electron chi connectivity index (χ1n) is 30.2. The number of unbranched alkanes of at least 4 members (excludes halogenated alkanes) is 20. The van der Waals surface area contributed by atoms with Crippen molar-refractivity contribution in [1.29, 1.82) is 0 Å². The minimum atomic E-state index is -0.363. The zero-order valence-electron chi connectivity index (χ0n) is 48.2. The summed E-state index contributed by atoms with van der Waals surface area (Å²) in [5.74, 6) is 0. The van der Waals surface area contributed by atoms with Gasteiger partial charge >= 0.3 is 7.12 Å². The fourth-order valence-corrected chi connectivity index (χ4v) is 19.7. The van der Waals surface area contributed by atoms with Crippen LogP contribution in [0.4, 0.5) is 0 Å². The molecule has 7 aromatic heterocycles. The number of hydrogen-bond acceptors (Lipinski definition) is 9. The third-order valence-corrected chi connectivity index (χ3v) is 25.7. The van der Waals surface area contributed by atoms with Crippen LogP contribution in [-0.4, -0.2) is 18.3 Å². The van der Waals surface area contributed by atoms with Crippen molar-refractivity contribution in [1.82, 2.24) is 0 Å². The van der Waals surface area contributed by atoms with Crippen LogP contribution in [0.1, 0.15) is 232 Å². The lowest BCUT2D eigenvalue weighted by Crippen LogP contribution is -2.41. The Morgan fingerprint density at radius 3 is 1.05 bits per heavy atom. The Kier molecular flexibility index (Phi) is 24.4. The fraction of sp³-hybridized carbons (Fsp3) is 0.576. The molecule has 1 saturated heterocycles. The van der Waals surface area contributed by atoms with Crippen molar-refractivity contribution < 1.29 is 9.31 Å². The van der Waals surface area contributed by atoms with Crippen molar-refractivity contribution in [3.63, 3.8) is 0 Å². The Labute approximate surface area is 503 Å². The Morgan fingerprint density at radius 1 is 0.338 bits per heavy atom. The number of thiophene rings is 7. The zero-order chi connectivity index (χ0) is 54.2. The maximum Gasteiger partial charge on any atom is 0.505 e. The third-order valence-electron chi connectivity index (χ3n) is 16.1. The van der Waals surface area contributed by atoms with Gasteiger partial charge in [-0.05, 0) is 178 Å². The number of aryl methyl sites for hydroxylation is 4. The molecule has 8 rings (SSSR count). The average molecular weight is 1230 g/mol.